The largest absolute Gasteiger partial charge is 0.475 e. The number of furan rings is 1. The lowest BCUT2D eigenvalue weighted by molar-refractivity contribution is -0.134. The number of carboxylic acids is 1. The van der Waals surface area contributed by atoms with Crippen LogP contribution in [0.15, 0.2) is 21.6 Å². The number of nitrogens with zero attached hydrogens (tertiary/aromatic N) is 2. The molecule has 2 aliphatic heterocycles. The molecule has 2 saturated heterocycles. The van der Waals surface area contributed by atoms with E-state index in [4.69, 9.17) is 9.52 Å². The summed E-state index contributed by atoms with van der Waals surface area (Å²) in [5, 5.41) is 8.39. The van der Waals surface area contributed by atoms with Gasteiger partial charge in [-0.1, -0.05) is 0 Å². The summed E-state index contributed by atoms with van der Waals surface area (Å²) >= 11 is 0. The maximum absolute atomic E-state index is 12.7. The molecule has 3 rings (SSSR count). The Labute approximate surface area is 147 Å². The van der Waals surface area contributed by atoms with Crippen LogP contribution in [-0.2, 0) is 25.6 Å². The van der Waals surface area contributed by atoms with Gasteiger partial charge in [-0.15, -0.1) is 0 Å². The Bertz CT molecular complexity index is 807. The van der Waals surface area contributed by atoms with Crippen molar-refractivity contribution in [1.82, 2.24) is 9.21 Å². The lowest BCUT2D eigenvalue weighted by Crippen LogP contribution is -2.51. The molecule has 2 aliphatic rings. The number of sulfonamides is 1. The number of rotatable bonds is 4. The maximum Gasteiger partial charge on any atom is 0.371 e. The fourth-order valence-electron chi connectivity index (χ4n) is 3.03. The van der Waals surface area contributed by atoms with Crippen molar-refractivity contribution >= 4 is 32.7 Å². The third-order valence-electron chi connectivity index (χ3n) is 4.33. The SMILES string of the molecule is O=C(O)c1ccc(S(=O)(=O)N2CCCC2C(=O)N2CCS(=O)CC2)o1. The Morgan fingerprint density at radius 3 is 2.48 bits per heavy atom. The summed E-state index contributed by atoms with van der Waals surface area (Å²) in [5.74, 6) is -1.35. The summed E-state index contributed by atoms with van der Waals surface area (Å²) in [6.07, 6.45) is 0.923. The Morgan fingerprint density at radius 1 is 1.20 bits per heavy atom. The van der Waals surface area contributed by atoms with E-state index in [2.05, 4.69) is 0 Å². The van der Waals surface area contributed by atoms with E-state index < -0.39 is 43.7 Å². The van der Waals surface area contributed by atoms with Crippen molar-refractivity contribution in [3.05, 3.63) is 17.9 Å². The van der Waals surface area contributed by atoms with Gasteiger partial charge in [-0.2, -0.15) is 4.31 Å². The Hall–Kier alpha value is -1.72. The second kappa shape index (κ2) is 6.89. The van der Waals surface area contributed by atoms with Crippen molar-refractivity contribution < 1.29 is 31.7 Å². The van der Waals surface area contributed by atoms with Crippen molar-refractivity contribution in [1.29, 1.82) is 0 Å². The van der Waals surface area contributed by atoms with E-state index >= 15 is 0 Å². The fraction of sp³-hybridized carbons (Fsp3) is 0.571. The van der Waals surface area contributed by atoms with E-state index in [0.29, 0.717) is 37.4 Å². The van der Waals surface area contributed by atoms with Crippen molar-refractivity contribution in [3.8, 4) is 0 Å². The molecule has 1 aromatic heterocycles. The molecule has 25 heavy (non-hydrogen) atoms. The van der Waals surface area contributed by atoms with Crippen molar-refractivity contribution in [2.45, 2.75) is 24.0 Å². The molecule has 0 spiro atoms. The molecule has 0 radical (unpaired) electrons. The molecular weight excluding hydrogens is 372 g/mol. The van der Waals surface area contributed by atoms with Crippen LogP contribution < -0.4 is 0 Å². The number of carbonyl (C=O) groups is 2. The minimum atomic E-state index is -4.10. The quantitative estimate of drug-likeness (QED) is 0.749. The highest BCUT2D eigenvalue weighted by Crippen LogP contribution is 2.28. The van der Waals surface area contributed by atoms with Gasteiger partial charge in [0.2, 0.25) is 16.8 Å². The molecule has 0 saturated carbocycles. The molecule has 1 amide bonds. The third-order valence-corrected chi connectivity index (χ3v) is 7.39. The fourth-order valence-corrected chi connectivity index (χ4v) is 5.65. The molecule has 0 bridgehead atoms. The highest BCUT2D eigenvalue weighted by molar-refractivity contribution is 7.89. The van der Waals surface area contributed by atoms with Gasteiger partial charge in [0, 0.05) is 41.9 Å². The lowest BCUT2D eigenvalue weighted by Gasteiger charge is -2.31. The standard InChI is InChI=1S/C14H18N2O7S2/c17-13(15-6-8-24(20)9-7-15)10-2-1-5-16(10)25(21,22)12-4-3-11(23-12)14(18)19/h3-4,10H,1-2,5-9H2,(H,18,19). The number of carbonyl (C=O) groups excluding carboxylic acids is 1. The first-order valence-corrected chi connectivity index (χ1v) is 10.7. The molecule has 138 valence electrons. The summed E-state index contributed by atoms with van der Waals surface area (Å²) in [5.41, 5.74) is 0. The Morgan fingerprint density at radius 2 is 1.88 bits per heavy atom. The summed E-state index contributed by atoms with van der Waals surface area (Å²) in [4.78, 5) is 25.1. The maximum atomic E-state index is 12.7. The molecule has 1 aromatic rings. The van der Waals surface area contributed by atoms with Gasteiger partial charge in [0.05, 0.1) is 0 Å². The first-order chi connectivity index (χ1) is 11.8. The number of aromatic carboxylic acids is 1. The van der Waals surface area contributed by atoms with Crippen molar-refractivity contribution in [2.75, 3.05) is 31.1 Å². The molecule has 0 aromatic carbocycles. The van der Waals surface area contributed by atoms with Crippen LogP contribution in [0, 0.1) is 0 Å². The third kappa shape index (κ3) is 3.48. The molecule has 1 unspecified atom stereocenters. The minimum Gasteiger partial charge on any atom is -0.475 e. The van der Waals surface area contributed by atoms with E-state index in [-0.39, 0.29) is 12.5 Å². The lowest BCUT2D eigenvalue weighted by atomic mass is 10.2. The van der Waals surface area contributed by atoms with E-state index in [1.165, 1.54) is 0 Å². The van der Waals surface area contributed by atoms with Gasteiger partial charge in [-0.25, -0.2) is 13.2 Å². The second-order valence-electron chi connectivity index (χ2n) is 5.87. The van der Waals surface area contributed by atoms with Gasteiger partial charge in [0.15, 0.2) is 0 Å². The van der Waals surface area contributed by atoms with Crippen LogP contribution in [0.4, 0.5) is 0 Å². The number of amides is 1. The van der Waals surface area contributed by atoms with Crippen LogP contribution in [0.2, 0.25) is 0 Å². The number of hydrogen-bond acceptors (Lipinski definition) is 6. The van der Waals surface area contributed by atoms with Gasteiger partial charge in [0.25, 0.3) is 10.0 Å². The minimum absolute atomic E-state index is 0.168. The normalized spacial score (nSPS) is 23.0. The van der Waals surface area contributed by atoms with Crippen molar-refractivity contribution in [3.63, 3.8) is 0 Å². The van der Waals surface area contributed by atoms with Crippen LogP contribution in [0.25, 0.3) is 0 Å². The van der Waals surface area contributed by atoms with Crippen LogP contribution in [0.5, 0.6) is 0 Å². The summed E-state index contributed by atoms with van der Waals surface area (Å²) < 4.78 is 42.9. The van der Waals surface area contributed by atoms with E-state index in [9.17, 15) is 22.2 Å². The monoisotopic (exact) mass is 390 g/mol. The zero-order valence-corrected chi connectivity index (χ0v) is 14.9. The first kappa shape index (κ1) is 18.1. The molecule has 11 heteroatoms. The summed E-state index contributed by atoms with van der Waals surface area (Å²) in [6.45, 7) is 0.862. The van der Waals surface area contributed by atoms with E-state index in [1.807, 2.05) is 0 Å². The van der Waals surface area contributed by atoms with Crippen LogP contribution in [-0.4, -0.2) is 76.0 Å². The Balaban J connectivity index is 1.81. The smallest absolute Gasteiger partial charge is 0.371 e. The zero-order valence-electron chi connectivity index (χ0n) is 13.3. The molecule has 1 N–H and O–H groups in total. The second-order valence-corrected chi connectivity index (χ2v) is 9.39. The topological polar surface area (TPSA) is 125 Å². The van der Waals surface area contributed by atoms with Gasteiger partial charge >= 0.3 is 5.97 Å². The summed E-state index contributed by atoms with van der Waals surface area (Å²) in [6, 6.07) is 1.32. The average molecular weight is 390 g/mol. The average Bonchev–Trinajstić information content (AvgIpc) is 3.25. The summed E-state index contributed by atoms with van der Waals surface area (Å²) in [7, 11) is -5.03. The van der Waals surface area contributed by atoms with Gasteiger partial charge < -0.3 is 14.4 Å². The highest BCUT2D eigenvalue weighted by atomic mass is 32.2. The zero-order chi connectivity index (χ0) is 18.2. The predicted molar refractivity (Wildman–Crippen MR) is 87.0 cm³/mol. The van der Waals surface area contributed by atoms with Crippen LogP contribution >= 0.6 is 0 Å². The van der Waals surface area contributed by atoms with Gasteiger partial charge in [-0.3, -0.25) is 9.00 Å². The molecule has 0 aliphatic carbocycles. The molecule has 2 fully saturated rings. The van der Waals surface area contributed by atoms with Gasteiger partial charge in [0.1, 0.15) is 6.04 Å². The molecule has 1 atom stereocenters. The number of hydrogen-bond donors (Lipinski definition) is 1. The first-order valence-electron chi connectivity index (χ1n) is 7.79. The number of carboxylic acid groups (broad SMARTS) is 1. The van der Waals surface area contributed by atoms with Crippen LogP contribution in [0.3, 0.4) is 0 Å². The van der Waals surface area contributed by atoms with Gasteiger partial charge in [-0.05, 0) is 25.0 Å². The highest BCUT2D eigenvalue weighted by Gasteiger charge is 2.43. The molecular formula is C14H18N2O7S2. The molecule has 9 nitrogen and oxygen atoms in total. The van der Waals surface area contributed by atoms with Crippen molar-refractivity contribution in [2.24, 2.45) is 0 Å². The van der Waals surface area contributed by atoms with E-state index in [1.54, 1.807) is 4.90 Å². The van der Waals surface area contributed by atoms with Crippen LogP contribution in [0.1, 0.15) is 23.4 Å². The van der Waals surface area contributed by atoms with E-state index in [0.717, 1.165) is 16.4 Å². The Kier molecular flexibility index (Phi) is 4.98. The molecule has 3 heterocycles. The predicted octanol–water partition coefficient (Wildman–Crippen LogP) is -0.278.